The molecule has 0 atom stereocenters. The van der Waals surface area contributed by atoms with Gasteiger partial charge in [-0.3, -0.25) is 4.79 Å². The van der Waals surface area contributed by atoms with Gasteiger partial charge in [-0.1, -0.05) is 29.3 Å². The van der Waals surface area contributed by atoms with E-state index in [1.165, 1.54) is 40.8 Å². The fourth-order valence-corrected chi connectivity index (χ4v) is 2.73. The van der Waals surface area contributed by atoms with E-state index in [2.05, 4.69) is 5.10 Å². The summed E-state index contributed by atoms with van der Waals surface area (Å²) in [6.07, 6.45) is 9.43. The number of rotatable bonds is 6. The van der Waals surface area contributed by atoms with E-state index in [0.29, 0.717) is 5.57 Å². The standard InChI is InChI=1S/C16H18Cl2N2O5/c1-22-15(23-2)7-5-11(9-16(15,24-3)25-4)6-8-20-14(21)13(18)12(17)10-19-20/h5-10H,1-4H3/b8-6+. The van der Waals surface area contributed by atoms with Gasteiger partial charge >= 0.3 is 0 Å². The molecule has 0 spiro atoms. The van der Waals surface area contributed by atoms with Crippen molar-refractivity contribution in [1.82, 2.24) is 9.78 Å². The highest BCUT2D eigenvalue weighted by Gasteiger charge is 2.53. The zero-order valence-corrected chi connectivity index (χ0v) is 15.7. The SMILES string of the molecule is COC1(OC)C=CC(/C=C/n2ncc(Cl)c(Cl)c2=O)=CC1(OC)OC. The molecule has 1 aromatic heterocycles. The van der Waals surface area contributed by atoms with Gasteiger partial charge in [0.1, 0.15) is 5.02 Å². The van der Waals surface area contributed by atoms with Crippen LogP contribution in [-0.2, 0) is 18.9 Å². The van der Waals surface area contributed by atoms with E-state index >= 15 is 0 Å². The summed E-state index contributed by atoms with van der Waals surface area (Å²) in [5.41, 5.74) is 0.145. The summed E-state index contributed by atoms with van der Waals surface area (Å²) in [5, 5.41) is 3.89. The number of ether oxygens (including phenoxy) is 4. The number of hydrogen-bond donors (Lipinski definition) is 0. The zero-order valence-electron chi connectivity index (χ0n) is 14.2. The van der Waals surface area contributed by atoms with Gasteiger partial charge in [0, 0.05) is 34.6 Å². The molecule has 0 fully saturated rings. The molecule has 0 aliphatic heterocycles. The van der Waals surface area contributed by atoms with E-state index in [1.807, 2.05) is 0 Å². The Balaban J connectivity index is 2.42. The number of hydrogen-bond acceptors (Lipinski definition) is 6. The second-order valence-corrected chi connectivity index (χ2v) is 5.79. The Morgan fingerprint density at radius 2 is 1.68 bits per heavy atom. The number of nitrogens with zero attached hydrogens (tertiary/aromatic N) is 2. The largest absolute Gasteiger partial charge is 0.345 e. The Morgan fingerprint density at radius 3 is 2.24 bits per heavy atom. The molecular weight excluding hydrogens is 371 g/mol. The summed E-state index contributed by atoms with van der Waals surface area (Å²) < 4.78 is 23.0. The topological polar surface area (TPSA) is 71.8 Å². The second-order valence-electron chi connectivity index (χ2n) is 5.00. The van der Waals surface area contributed by atoms with Crippen LogP contribution in [0.15, 0.2) is 40.9 Å². The second kappa shape index (κ2) is 7.82. The summed E-state index contributed by atoms with van der Waals surface area (Å²) >= 11 is 11.6. The van der Waals surface area contributed by atoms with Crippen molar-refractivity contribution in [3.8, 4) is 0 Å². The normalized spacial score (nSPS) is 18.6. The number of allylic oxidation sites excluding steroid dienone is 3. The molecular formula is C16H18Cl2N2O5. The van der Waals surface area contributed by atoms with Crippen molar-refractivity contribution in [2.45, 2.75) is 11.6 Å². The molecule has 1 aliphatic carbocycles. The first-order chi connectivity index (χ1) is 11.9. The Morgan fingerprint density at radius 1 is 1.08 bits per heavy atom. The van der Waals surface area contributed by atoms with Crippen LogP contribution in [0.2, 0.25) is 10.0 Å². The van der Waals surface area contributed by atoms with Crippen molar-refractivity contribution >= 4 is 29.4 Å². The Bertz CT molecular complexity index is 777. The average molecular weight is 389 g/mol. The van der Waals surface area contributed by atoms with E-state index in [4.69, 9.17) is 42.1 Å². The fourth-order valence-electron chi connectivity index (χ4n) is 2.47. The fraction of sp³-hybridized carbons (Fsp3) is 0.375. The highest BCUT2D eigenvalue weighted by Crippen LogP contribution is 2.38. The minimum atomic E-state index is -1.32. The molecule has 1 aliphatic rings. The molecule has 136 valence electrons. The van der Waals surface area contributed by atoms with Gasteiger partial charge < -0.3 is 18.9 Å². The van der Waals surface area contributed by atoms with Crippen LogP contribution >= 0.6 is 23.2 Å². The molecule has 0 amide bonds. The molecule has 1 aromatic rings. The van der Waals surface area contributed by atoms with Crippen molar-refractivity contribution < 1.29 is 18.9 Å². The van der Waals surface area contributed by atoms with Crippen LogP contribution in [0.3, 0.4) is 0 Å². The Kier molecular flexibility index (Phi) is 6.21. The molecule has 0 saturated carbocycles. The Hall–Kier alpha value is -1.48. The lowest BCUT2D eigenvalue weighted by Crippen LogP contribution is -2.58. The lowest BCUT2D eigenvalue weighted by Gasteiger charge is -2.44. The van der Waals surface area contributed by atoms with Crippen LogP contribution in [-0.4, -0.2) is 49.8 Å². The third-order valence-electron chi connectivity index (χ3n) is 3.86. The summed E-state index contributed by atoms with van der Waals surface area (Å²) in [7, 11) is 5.90. The molecule has 9 heteroatoms. The monoisotopic (exact) mass is 388 g/mol. The summed E-state index contributed by atoms with van der Waals surface area (Å²) in [6.45, 7) is 0. The van der Waals surface area contributed by atoms with Gasteiger partial charge in [-0.2, -0.15) is 5.10 Å². The molecule has 0 radical (unpaired) electrons. The van der Waals surface area contributed by atoms with E-state index in [1.54, 1.807) is 24.3 Å². The highest BCUT2D eigenvalue weighted by atomic mass is 35.5. The van der Waals surface area contributed by atoms with E-state index < -0.39 is 17.1 Å². The molecule has 25 heavy (non-hydrogen) atoms. The van der Waals surface area contributed by atoms with Crippen molar-refractivity contribution in [1.29, 1.82) is 0 Å². The average Bonchev–Trinajstić information content (AvgIpc) is 2.65. The van der Waals surface area contributed by atoms with Crippen LogP contribution < -0.4 is 5.56 Å². The molecule has 7 nitrogen and oxygen atoms in total. The van der Waals surface area contributed by atoms with E-state index in [-0.39, 0.29) is 10.0 Å². The number of halogens is 2. The molecule has 0 N–H and O–H groups in total. The predicted molar refractivity (Wildman–Crippen MR) is 94.6 cm³/mol. The first-order valence-electron chi connectivity index (χ1n) is 7.12. The maximum Gasteiger partial charge on any atom is 0.291 e. The minimum Gasteiger partial charge on any atom is -0.345 e. The molecule has 0 aromatic carbocycles. The Labute approximate surface area is 155 Å². The molecule has 0 saturated heterocycles. The van der Waals surface area contributed by atoms with Gasteiger partial charge in [0.15, 0.2) is 0 Å². The zero-order chi connectivity index (χ0) is 18.7. The van der Waals surface area contributed by atoms with Gasteiger partial charge in [-0.25, -0.2) is 4.68 Å². The number of aromatic nitrogens is 2. The quantitative estimate of drug-likeness (QED) is 0.697. The summed E-state index contributed by atoms with van der Waals surface area (Å²) in [5.74, 6) is -2.58. The van der Waals surface area contributed by atoms with Crippen LogP contribution in [0.1, 0.15) is 0 Å². The lowest BCUT2D eigenvalue weighted by molar-refractivity contribution is -0.345. The highest BCUT2D eigenvalue weighted by molar-refractivity contribution is 6.41. The first-order valence-corrected chi connectivity index (χ1v) is 7.88. The first kappa shape index (κ1) is 19.8. The van der Waals surface area contributed by atoms with E-state index in [9.17, 15) is 4.79 Å². The van der Waals surface area contributed by atoms with Gasteiger partial charge in [0.2, 0.25) is 11.6 Å². The van der Waals surface area contributed by atoms with Crippen molar-refractivity contribution in [3.05, 3.63) is 56.5 Å². The van der Waals surface area contributed by atoms with Crippen molar-refractivity contribution in [2.24, 2.45) is 0 Å². The third-order valence-corrected chi connectivity index (χ3v) is 4.61. The van der Waals surface area contributed by atoms with Gasteiger partial charge in [-0.05, 0) is 23.8 Å². The minimum absolute atomic E-state index is 0.0934. The van der Waals surface area contributed by atoms with Crippen molar-refractivity contribution in [3.63, 3.8) is 0 Å². The van der Waals surface area contributed by atoms with Gasteiger partial charge in [0.25, 0.3) is 5.56 Å². The van der Waals surface area contributed by atoms with Gasteiger partial charge in [-0.15, -0.1) is 0 Å². The smallest absolute Gasteiger partial charge is 0.291 e. The van der Waals surface area contributed by atoms with Gasteiger partial charge in [0.05, 0.1) is 11.2 Å². The van der Waals surface area contributed by atoms with Crippen LogP contribution in [0.5, 0.6) is 0 Å². The third kappa shape index (κ3) is 3.44. The molecule has 2 rings (SSSR count). The maximum absolute atomic E-state index is 12.0. The maximum atomic E-state index is 12.0. The van der Waals surface area contributed by atoms with Crippen molar-refractivity contribution in [2.75, 3.05) is 28.4 Å². The number of methoxy groups -OCH3 is 4. The molecule has 0 bridgehead atoms. The summed E-state index contributed by atoms with van der Waals surface area (Å²) in [6, 6.07) is 0. The summed E-state index contributed by atoms with van der Waals surface area (Å²) in [4.78, 5) is 12.0. The predicted octanol–water partition coefficient (Wildman–Crippen LogP) is 2.50. The van der Waals surface area contributed by atoms with Crippen LogP contribution in [0, 0.1) is 0 Å². The molecule has 1 heterocycles. The van der Waals surface area contributed by atoms with Crippen LogP contribution in [0.4, 0.5) is 0 Å². The van der Waals surface area contributed by atoms with Crippen LogP contribution in [0.25, 0.3) is 6.20 Å². The molecule has 0 unspecified atom stereocenters. The van der Waals surface area contributed by atoms with E-state index in [0.717, 1.165) is 4.68 Å². The lowest BCUT2D eigenvalue weighted by atomic mass is 9.94.